The largest absolute Gasteiger partial charge is 0.310 e. The molecular formula is C8H14NO+. The molecule has 0 unspecified atom stereocenters. The number of fused-ring (bicyclic) bond motifs is 2. The maximum Gasteiger partial charge on any atom is 0.310 e. The van der Waals surface area contributed by atoms with Crippen LogP contribution in [0.25, 0.3) is 0 Å². The van der Waals surface area contributed by atoms with Gasteiger partial charge in [0.2, 0.25) is 0 Å². The van der Waals surface area contributed by atoms with Gasteiger partial charge >= 0.3 is 5.91 Å². The van der Waals surface area contributed by atoms with Crippen molar-refractivity contribution >= 4 is 5.91 Å². The summed E-state index contributed by atoms with van der Waals surface area (Å²) in [5.41, 5.74) is 0. The lowest BCUT2D eigenvalue weighted by Crippen LogP contribution is -2.47. The van der Waals surface area contributed by atoms with E-state index in [0.29, 0.717) is 5.91 Å². The van der Waals surface area contributed by atoms with E-state index in [9.17, 15) is 4.79 Å². The zero-order valence-corrected chi connectivity index (χ0v) is 6.47. The molecule has 2 heteroatoms. The van der Waals surface area contributed by atoms with Crippen molar-refractivity contribution in [2.45, 2.75) is 19.8 Å². The van der Waals surface area contributed by atoms with Crippen molar-refractivity contribution in [1.82, 2.24) is 0 Å². The second kappa shape index (κ2) is 1.82. The summed E-state index contributed by atoms with van der Waals surface area (Å²) < 4.78 is 0.810. The van der Waals surface area contributed by atoms with Crippen molar-refractivity contribution in [1.29, 1.82) is 0 Å². The van der Waals surface area contributed by atoms with Crippen LogP contribution in [-0.4, -0.2) is 30.0 Å². The van der Waals surface area contributed by atoms with Crippen molar-refractivity contribution in [3.05, 3.63) is 0 Å². The van der Waals surface area contributed by atoms with Crippen molar-refractivity contribution in [2.75, 3.05) is 19.6 Å². The Labute approximate surface area is 61.4 Å². The van der Waals surface area contributed by atoms with Gasteiger partial charge in [0.1, 0.15) is 0 Å². The fourth-order valence-corrected chi connectivity index (χ4v) is 2.42. The van der Waals surface area contributed by atoms with Crippen LogP contribution in [0.2, 0.25) is 0 Å². The number of amides is 1. The molecule has 56 valence electrons. The minimum Gasteiger partial charge on any atom is -0.260 e. The molecule has 0 aromatic carbocycles. The number of carbonyl (C=O) groups excluding carboxylic acids is 1. The van der Waals surface area contributed by atoms with E-state index in [1.54, 1.807) is 6.92 Å². The van der Waals surface area contributed by atoms with Gasteiger partial charge in [-0.05, 0) is 0 Å². The molecule has 0 radical (unpaired) electrons. The van der Waals surface area contributed by atoms with Gasteiger partial charge in [0.25, 0.3) is 0 Å². The van der Waals surface area contributed by atoms with Gasteiger partial charge in [-0.25, -0.2) is 4.79 Å². The lowest BCUT2D eigenvalue weighted by molar-refractivity contribution is -0.833. The number of carbonyl (C=O) groups is 1. The summed E-state index contributed by atoms with van der Waals surface area (Å²) in [5, 5.41) is 0. The summed E-state index contributed by atoms with van der Waals surface area (Å²) in [6.45, 7) is 5.14. The molecule has 2 saturated heterocycles. The second-order valence-corrected chi connectivity index (χ2v) is 3.74. The summed E-state index contributed by atoms with van der Waals surface area (Å²) in [6, 6.07) is 0. The first-order valence-corrected chi connectivity index (χ1v) is 4.10. The van der Waals surface area contributed by atoms with Gasteiger partial charge in [0, 0.05) is 18.8 Å². The normalized spacial score (nSPS) is 44.3. The average Bonchev–Trinajstić information content (AvgIpc) is 2.45. The van der Waals surface area contributed by atoms with E-state index >= 15 is 0 Å². The highest BCUT2D eigenvalue weighted by Crippen LogP contribution is 2.35. The molecule has 10 heavy (non-hydrogen) atoms. The van der Waals surface area contributed by atoms with Crippen LogP contribution in [0.15, 0.2) is 0 Å². The van der Waals surface area contributed by atoms with Gasteiger partial charge in [-0.1, -0.05) is 0 Å². The molecule has 2 rings (SSSR count). The topological polar surface area (TPSA) is 17.1 Å². The molecular weight excluding hydrogens is 126 g/mol. The number of hydrogen-bond acceptors (Lipinski definition) is 1. The summed E-state index contributed by atoms with van der Waals surface area (Å²) in [5.74, 6) is 1.27. The van der Waals surface area contributed by atoms with Gasteiger partial charge in [0.05, 0.1) is 26.6 Å². The van der Waals surface area contributed by atoms with E-state index in [-0.39, 0.29) is 0 Å². The van der Waals surface area contributed by atoms with Crippen LogP contribution >= 0.6 is 0 Å². The Morgan fingerprint density at radius 3 is 2.20 bits per heavy atom. The summed E-state index contributed by atoms with van der Waals surface area (Å²) in [4.78, 5) is 11.2. The number of rotatable bonds is 0. The van der Waals surface area contributed by atoms with Crippen molar-refractivity contribution < 1.29 is 9.28 Å². The zero-order valence-electron chi connectivity index (χ0n) is 6.47. The van der Waals surface area contributed by atoms with E-state index < -0.39 is 0 Å². The third-order valence-corrected chi connectivity index (χ3v) is 3.21. The third-order valence-electron chi connectivity index (χ3n) is 3.21. The number of hydrogen-bond donors (Lipinski definition) is 0. The van der Waals surface area contributed by atoms with Crippen LogP contribution in [0.3, 0.4) is 0 Å². The Morgan fingerprint density at radius 1 is 1.40 bits per heavy atom. The van der Waals surface area contributed by atoms with Crippen molar-refractivity contribution in [3.63, 3.8) is 0 Å². The predicted octanol–water partition coefficient (Wildman–Crippen LogP) is 0.773. The van der Waals surface area contributed by atoms with Gasteiger partial charge in [-0.3, -0.25) is 4.48 Å². The number of quaternary nitrogens is 1. The molecule has 2 aliphatic heterocycles. The molecule has 0 aromatic rings. The first-order valence-electron chi connectivity index (χ1n) is 4.10. The quantitative estimate of drug-likeness (QED) is 0.454. The highest BCUT2D eigenvalue weighted by molar-refractivity contribution is 5.66. The molecule has 0 spiro atoms. The first-order chi connectivity index (χ1) is 4.73. The highest BCUT2D eigenvalue weighted by atomic mass is 16.2. The lowest BCUT2D eigenvalue weighted by Gasteiger charge is -2.26. The Bertz CT molecular complexity index is 168. The van der Waals surface area contributed by atoms with E-state index in [4.69, 9.17) is 0 Å². The fraction of sp³-hybridized carbons (Fsp3) is 0.875. The maximum atomic E-state index is 11.2. The van der Waals surface area contributed by atoms with Crippen LogP contribution in [0.5, 0.6) is 0 Å². The van der Waals surface area contributed by atoms with Crippen molar-refractivity contribution in [2.24, 2.45) is 5.92 Å². The summed E-state index contributed by atoms with van der Waals surface area (Å²) in [7, 11) is 0. The standard InChI is InChI=1S/C8H14NO/c1-7(10)9-4-2-8(6-9)3-5-9/h8H,2-6H2,1H3/q+1. The second-order valence-electron chi connectivity index (χ2n) is 3.74. The van der Waals surface area contributed by atoms with Crippen LogP contribution in [-0.2, 0) is 4.79 Å². The average molecular weight is 140 g/mol. The lowest BCUT2D eigenvalue weighted by atomic mass is 10.1. The third kappa shape index (κ3) is 0.655. The molecule has 0 saturated carbocycles. The SMILES string of the molecule is CC(=O)[N+]12CCC(CC1)C2. The van der Waals surface area contributed by atoms with Crippen LogP contribution in [0.1, 0.15) is 19.8 Å². The number of nitrogens with zero attached hydrogens (tertiary/aromatic N) is 1. The molecule has 0 atom stereocenters. The van der Waals surface area contributed by atoms with E-state index in [1.165, 1.54) is 12.8 Å². The molecule has 2 heterocycles. The number of piperidine rings is 1. The molecule has 0 N–H and O–H groups in total. The molecule has 2 fully saturated rings. The molecule has 0 aromatic heterocycles. The zero-order chi connectivity index (χ0) is 7.19. The highest BCUT2D eigenvalue weighted by Gasteiger charge is 2.47. The minimum absolute atomic E-state index is 0.389. The van der Waals surface area contributed by atoms with Gasteiger partial charge < -0.3 is 0 Å². The first kappa shape index (κ1) is 6.35. The Hall–Kier alpha value is -0.370. The Morgan fingerprint density at radius 2 is 2.00 bits per heavy atom. The van der Waals surface area contributed by atoms with Gasteiger partial charge in [-0.15, -0.1) is 0 Å². The van der Waals surface area contributed by atoms with Gasteiger partial charge in [0.15, 0.2) is 0 Å². The van der Waals surface area contributed by atoms with Crippen molar-refractivity contribution in [3.8, 4) is 0 Å². The minimum atomic E-state index is 0.389. The molecule has 2 aliphatic rings. The van der Waals surface area contributed by atoms with E-state index in [1.807, 2.05) is 0 Å². The van der Waals surface area contributed by atoms with E-state index in [2.05, 4.69) is 0 Å². The molecule has 2 bridgehead atoms. The smallest absolute Gasteiger partial charge is 0.260 e. The Kier molecular flexibility index (Phi) is 1.15. The maximum absolute atomic E-state index is 11.2. The Balaban J connectivity index is 2.23. The summed E-state index contributed by atoms with van der Waals surface area (Å²) in [6.07, 6.45) is 2.58. The van der Waals surface area contributed by atoms with E-state index in [0.717, 1.165) is 30.0 Å². The molecule has 0 aliphatic carbocycles. The van der Waals surface area contributed by atoms with Crippen LogP contribution in [0.4, 0.5) is 0 Å². The molecule has 1 amide bonds. The molecule has 2 nitrogen and oxygen atoms in total. The monoisotopic (exact) mass is 140 g/mol. The van der Waals surface area contributed by atoms with Gasteiger partial charge in [-0.2, -0.15) is 0 Å². The van der Waals surface area contributed by atoms with Crippen LogP contribution in [0, 0.1) is 5.92 Å². The predicted molar refractivity (Wildman–Crippen MR) is 38.3 cm³/mol. The summed E-state index contributed by atoms with van der Waals surface area (Å²) >= 11 is 0. The van der Waals surface area contributed by atoms with Crippen LogP contribution < -0.4 is 0 Å². The fourth-order valence-electron chi connectivity index (χ4n) is 2.42.